The van der Waals surface area contributed by atoms with E-state index in [1.807, 2.05) is 6.92 Å². The average Bonchev–Trinajstić information content (AvgIpc) is 2.32. The van der Waals surface area contributed by atoms with Gasteiger partial charge in [-0.15, -0.1) is 0 Å². The van der Waals surface area contributed by atoms with E-state index in [2.05, 4.69) is 0 Å². The van der Waals surface area contributed by atoms with E-state index in [0.29, 0.717) is 31.6 Å². The SMILES string of the molecule is CCCC(=O)N(CCCN)c1ccccc1F. The molecular weight excluding hydrogens is 219 g/mol. The summed E-state index contributed by atoms with van der Waals surface area (Å²) in [7, 11) is 0. The molecule has 0 fully saturated rings. The van der Waals surface area contributed by atoms with Gasteiger partial charge in [-0.05, 0) is 31.5 Å². The summed E-state index contributed by atoms with van der Waals surface area (Å²) in [6.45, 7) is 2.89. The Bertz CT molecular complexity index is 368. The molecule has 17 heavy (non-hydrogen) atoms. The van der Waals surface area contributed by atoms with Crippen LogP contribution in [0.5, 0.6) is 0 Å². The molecule has 0 aliphatic carbocycles. The van der Waals surface area contributed by atoms with E-state index < -0.39 is 0 Å². The van der Waals surface area contributed by atoms with Crippen molar-refractivity contribution in [3.05, 3.63) is 30.1 Å². The first-order valence-corrected chi connectivity index (χ1v) is 5.95. The summed E-state index contributed by atoms with van der Waals surface area (Å²) in [5.41, 5.74) is 5.78. The fraction of sp³-hybridized carbons (Fsp3) is 0.462. The Kier molecular flexibility index (Phi) is 5.63. The van der Waals surface area contributed by atoms with E-state index in [9.17, 15) is 9.18 Å². The predicted molar refractivity (Wildman–Crippen MR) is 67.3 cm³/mol. The van der Waals surface area contributed by atoms with Crippen molar-refractivity contribution in [2.24, 2.45) is 5.73 Å². The van der Waals surface area contributed by atoms with Crippen molar-refractivity contribution in [1.29, 1.82) is 0 Å². The zero-order valence-electron chi connectivity index (χ0n) is 10.2. The third-order valence-electron chi connectivity index (χ3n) is 2.49. The summed E-state index contributed by atoms with van der Waals surface area (Å²) in [5, 5.41) is 0. The Morgan fingerprint density at radius 2 is 2.12 bits per heavy atom. The predicted octanol–water partition coefficient (Wildman–Crippen LogP) is 2.31. The molecule has 4 heteroatoms. The number of hydrogen-bond donors (Lipinski definition) is 1. The molecule has 1 amide bonds. The van der Waals surface area contributed by atoms with Crippen LogP contribution >= 0.6 is 0 Å². The molecule has 0 bridgehead atoms. The third-order valence-corrected chi connectivity index (χ3v) is 2.49. The van der Waals surface area contributed by atoms with Crippen molar-refractivity contribution in [3.63, 3.8) is 0 Å². The second kappa shape index (κ2) is 7.01. The van der Waals surface area contributed by atoms with E-state index in [4.69, 9.17) is 5.73 Å². The van der Waals surface area contributed by atoms with E-state index in [0.717, 1.165) is 6.42 Å². The smallest absolute Gasteiger partial charge is 0.227 e. The van der Waals surface area contributed by atoms with Gasteiger partial charge in [-0.1, -0.05) is 19.1 Å². The molecule has 1 rings (SSSR count). The molecule has 0 heterocycles. The van der Waals surface area contributed by atoms with Gasteiger partial charge in [0.2, 0.25) is 5.91 Å². The second-order valence-electron chi connectivity index (χ2n) is 3.89. The maximum absolute atomic E-state index is 13.6. The van der Waals surface area contributed by atoms with Gasteiger partial charge in [-0.3, -0.25) is 4.79 Å². The van der Waals surface area contributed by atoms with Gasteiger partial charge in [0.1, 0.15) is 5.82 Å². The molecule has 2 N–H and O–H groups in total. The van der Waals surface area contributed by atoms with Crippen LogP contribution in [0.4, 0.5) is 10.1 Å². The van der Waals surface area contributed by atoms with E-state index in [1.165, 1.54) is 11.0 Å². The van der Waals surface area contributed by atoms with Crippen LogP contribution in [-0.2, 0) is 4.79 Å². The van der Waals surface area contributed by atoms with Crippen LogP contribution < -0.4 is 10.6 Å². The van der Waals surface area contributed by atoms with Crippen molar-refractivity contribution < 1.29 is 9.18 Å². The molecule has 0 radical (unpaired) electrons. The fourth-order valence-electron chi connectivity index (χ4n) is 1.65. The minimum absolute atomic E-state index is 0.0500. The lowest BCUT2D eigenvalue weighted by molar-refractivity contribution is -0.118. The lowest BCUT2D eigenvalue weighted by Gasteiger charge is -2.23. The monoisotopic (exact) mass is 238 g/mol. The van der Waals surface area contributed by atoms with Crippen LogP contribution in [0.15, 0.2) is 24.3 Å². The van der Waals surface area contributed by atoms with Crippen molar-refractivity contribution in [2.75, 3.05) is 18.0 Å². The summed E-state index contributed by atoms with van der Waals surface area (Å²) in [6, 6.07) is 6.33. The topological polar surface area (TPSA) is 46.3 Å². The van der Waals surface area contributed by atoms with Crippen LogP contribution in [0.2, 0.25) is 0 Å². The molecule has 0 aliphatic heterocycles. The Labute approximate surface area is 101 Å². The number of anilines is 1. The third kappa shape index (κ3) is 3.82. The number of amides is 1. The molecule has 0 unspecified atom stereocenters. The molecule has 94 valence electrons. The first-order valence-electron chi connectivity index (χ1n) is 5.95. The van der Waals surface area contributed by atoms with Gasteiger partial charge in [0.15, 0.2) is 0 Å². The molecule has 0 atom stereocenters. The number of carbonyl (C=O) groups excluding carboxylic acids is 1. The standard InChI is InChI=1S/C13H19FN2O/c1-2-6-13(17)16(10-5-9-15)12-8-4-3-7-11(12)14/h3-4,7-8H,2,5-6,9-10,15H2,1H3. The minimum atomic E-state index is -0.367. The highest BCUT2D eigenvalue weighted by molar-refractivity contribution is 5.93. The van der Waals surface area contributed by atoms with Crippen molar-refractivity contribution in [2.45, 2.75) is 26.2 Å². The highest BCUT2D eigenvalue weighted by Gasteiger charge is 2.17. The van der Waals surface area contributed by atoms with E-state index in [1.54, 1.807) is 18.2 Å². The number of benzene rings is 1. The first-order chi connectivity index (χ1) is 8.20. The van der Waals surface area contributed by atoms with Gasteiger partial charge in [0.05, 0.1) is 5.69 Å². The molecule has 3 nitrogen and oxygen atoms in total. The van der Waals surface area contributed by atoms with Gasteiger partial charge < -0.3 is 10.6 Å². The van der Waals surface area contributed by atoms with E-state index in [-0.39, 0.29) is 11.7 Å². The summed E-state index contributed by atoms with van der Waals surface area (Å²) in [4.78, 5) is 13.4. The molecule has 0 saturated carbocycles. The summed E-state index contributed by atoms with van der Waals surface area (Å²) in [6.07, 6.45) is 1.86. The second-order valence-corrected chi connectivity index (χ2v) is 3.89. The molecule has 1 aromatic rings. The molecule has 1 aromatic carbocycles. The number of halogens is 1. The Morgan fingerprint density at radius 3 is 2.71 bits per heavy atom. The number of nitrogens with zero attached hydrogens (tertiary/aromatic N) is 1. The van der Waals surface area contributed by atoms with Gasteiger partial charge >= 0.3 is 0 Å². The number of para-hydroxylation sites is 1. The van der Waals surface area contributed by atoms with Crippen molar-refractivity contribution >= 4 is 11.6 Å². The zero-order chi connectivity index (χ0) is 12.7. The Balaban J connectivity index is 2.89. The maximum atomic E-state index is 13.6. The lowest BCUT2D eigenvalue weighted by Crippen LogP contribution is -2.33. The molecule has 0 saturated heterocycles. The van der Waals surface area contributed by atoms with Gasteiger partial charge in [-0.2, -0.15) is 0 Å². The normalized spacial score (nSPS) is 10.3. The number of carbonyl (C=O) groups is 1. The zero-order valence-corrected chi connectivity index (χ0v) is 10.2. The van der Waals surface area contributed by atoms with Crippen LogP contribution in [0.1, 0.15) is 26.2 Å². The first kappa shape index (κ1) is 13.6. The highest BCUT2D eigenvalue weighted by atomic mass is 19.1. The summed E-state index contributed by atoms with van der Waals surface area (Å²) < 4.78 is 13.6. The number of nitrogens with two attached hydrogens (primary N) is 1. The van der Waals surface area contributed by atoms with Crippen LogP contribution in [0.25, 0.3) is 0 Å². The largest absolute Gasteiger partial charge is 0.330 e. The Morgan fingerprint density at radius 1 is 1.41 bits per heavy atom. The highest BCUT2D eigenvalue weighted by Crippen LogP contribution is 2.20. The minimum Gasteiger partial charge on any atom is -0.330 e. The van der Waals surface area contributed by atoms with Gasteiger partial charge in [0.25, 0.3) is 0 Å². The lowest BCUT2D eigenvalue weighted by atomic mass is 10.2. The molecule has 0 aromatic heterocycles. The summed E-state index contributed by atoms with van der Waals surface area (Å²) in [5.74, 6) is -0.417. The van der Waals surface area contributed by atoms with E-state index >= 15 is 0 Å². The van der Waals surface area contributed by atoms with Gasteiger partial charge in [0, 0.05) is 13.0 Å². The van der Waals surface area contributed by atoms with Crippen LogP contribution in [-0.4, -0.2) is 19.0 Å². The molecular formula is C13H19FN2O. The van der Waals surface area contributed by atoms with Crippen molar-refractivity contribution in [1.82, 2.24) is 0 Å². The van der Waals surface area contributed by atoms with Gasteiger partial charge in [-0.25, -0.2) is 4.39 Å². The maximum Gasteiger partial charge on any atom is 0.227 e. The Hall–Kier alpha value is -1.42. The molecule has 0 aliphatic rings. The number of rotatable bonds is 6. The van der Waals surface area contributed by atoms with Crippen molar-refractivity contribution in [3.8, 4) is 0 Å². The summed E-state index contributed by atoms with van der Waals surface area (Å²) >= 11 is 0. The quantitative estimate of drug-likeness (QED) is 0.826. The number of hydrogen-bond acceptors (Lipinski definition) is 2. The molecule has 0 spiro atoms. The van der Waals surface area contributed by atoms with Crippen LogP contribution in [0, 0.1) is 5.82 Å². The average molecular weight is 238 g/mol. The fourth-order valence-corrected chi connectivity index (χ4v) is 1.65. The van der Waals surface area contributed by atoms with Crippen LogP contribution in [0.3, 0.4) is 0 Å².